The van der Waals surface area contributed by atoms with Gasteiger partial charge in [0.15, 0.2) is 0 Å². The fourth-order valence-corrected chi connectivity index (χ4v) is 1.00. The molecule has 80 valence electrons. The second-order valence-electron chi connectivity index (χ2n) is 3.14. The van der Waals surface area contributed by atoms with Gasteiger partial charge in [0.25, 0.3) is 0 Å². The number of hydrogen-bond acceptors (Lipinski definition) is 4. The van der Waals surface area contributed by atoms with Gasteiger partial charge in [-0.2, -0.15) is 0 Å². The average Bonchev–Trinajstić information content (AvgIpc) is 2.95. The molecule has 1 atom stereocenters. The highest BCUT2D eigenvalue weighted by molar-refractivity contribution is 5.69. The maximum Gasteiger partial charge on any atom is 0.310 e. The third-order valence-electron chi connectivity index (χ3n) is 1.84. The molecule has 1 unspecified atom stereocenters. The highest BCUT2D eigenvalue weighted by Crippen LogP contribution is 2.08. The Balaban J connectivity index is 1.78. The second-order valence-corrected chi connectivity index (χ2v) is 3.14. The summed E-state index contributed by atoms with van der Waals surface area (Å²) in [7, 11) is 0. The van der Waals surface area contributed by atoms with E-state index >= 15 is 0 Å². The van der Waals surface area contributed by atoms with E-state index < -0.39 is 0 Å². The first-order chi connectivity index (χ1) is 6.83. The van der Waals surface area contributed by atoms with E-state index in [0.29, 0.717) is 25.7 Å². The van der Waals surface area contributed by atoms with E-state index in [1.807, 2.05) is 0 Å². The van der Waals surface area contributed by atoms with Crippen molar-refractivity contribution in [2.75, 3.05) is 19.8 Å². The quantitative estimate of drug-likeness (QED) is 0.256. The van der Waals surface area contributed by atoms with Crippen LogP contribution < -0.4 is 0 Å². The maximum absolute atomic E-state index is 10.8. The van der Waals surface area contributed by atoms with Crippen molar-refractivity contribution >= 4 is 5.97 Å². The van der Waals surface area contributed by atoms with Crippen LogP contribution >= 0.6 is 0 Å². The molecule has 0 radical (unpaired) electrons. The predicted molar refractivity (Wildman–Crippen MR) is 50.7 cm³/mol. The molecule has 1 aliphatic heterocycles. The lowest BCUT2D eigenvalue weighted by Gasteiger charge is -2.01. The van der Waals surface area contributed by atoms with Gasteiger partial charge in [-0.05, 0) is 12.8 Å². The van der Waals surface area contributed by atoms with Crippen LogP contribution in [0.2, 0.25) is 0 Å². The number of rotatable bonds is 8. The number of hydrogen-bond donors (Lipinski definition) is 0. The third-order valence-corrected chi connectivity index (χ3v) is 1.84. The van der Waals surface area contributed by atoms with Crippen LogP contribution in [0, 0.1) is 0 Å². The number of esters is 1. The van der Waals surface area contributed by atoms with E-state index in [1.54, 1.807) is 0 Å². The molecule has 4 heteroatoms. The van der Waals surface area contributed by atoms with Gasteiger partial charge in [0.2, 0.25) is 0 Å². The van der Waals surface area contributed by atoms with Crippen molar-refractivity contribution in [2.45, 2.75) is 25.4 Å². The first kappa shape index (κ1) is 11.2. The Bertz CT molecular complexity index is 187. The van der Waals surface area contributed by atoms with Gasteiger partial charge in [-0.15, -0.1) is 0 Å². The van der Waals surface area contributed by atoms with Crippen LogP contribution in [0.4, 0.5) is 0 Å². The number of carbonyl (C=O) groups is 1. The number of ether oxygens (including phenoxy) is 3. The predicted octanol–water partition coefficient (Wildman–Crippen LogP) is 1.26. The second kappa shape index (κ2) is 6.56. The molecule has 0 aromatic heterocycles. The molecular formula is C10H16O4. The normalized spacial score (nSPS) is 19.0. The number of unbranched alkanes of at least 4 members (excludes halogenated alkanes) is 1. The Morgan fingerprint density at radius 1 is 1.57 bits per heavy atom. The van der Waals surface area contributed by atoms with Crippen molar-refractivity contribution < 1.29 is 19.0 Å². The molecular weight excluding hydrogens is 184 g/mol. The summed E-state index contributed by atoms with van der Waals surface area (Å²) in [6, 6.07) is 0. The summed E-state index contributed by atoms with van der Waals surface area (Å²) in [5.41, 5.74) is 0. The van der Waals surface area contributed by atoms with Crippen LogP contribution in [0.15, 0.2) is 12.8 Å². The minimum Gasteiger partial charge on any atom is -0.435 e. The van der Waals surface area contributed by atoms with Gasteiger partial charge in [0.1, 0.15) is 6.10 Å². The Labute approximate surface area is 83.8 Å². The fourth-order valence-electron chi connectivity index (χ4n) is 1.00. The van der Waals surface area contributed by atoms with Gasteiger partial charge in [-0.25, -0.2) is 0 Å². The highest BCUT2D eigenvalue weighted by atomic mass is 16.6. The van der Waals surface area contributed by atoms with Crippen molar-refractivity contribution in [1.29, 1.82) is 0 Å². The zero-order valence-electron chi connectivity index (χ0n) is 8.24. The standard InChI is InChI=1S/C10H16O4/c1-2-13-10(11)5-3-4-6-12-7-9-8-14-9/h2,9H,1,3-8H2. The van der Waals surface area contributed by atoms with Crippen molar-refractivity contribution in [3.8, 4) is 0 Å². The Kier molecular flexibility index (Phi) is 5.25. The van der Waals surface area contributed by atoms with E-state index in [1.165, 1.54) is 0 Å². The van der Waals surface area contributed by atoms with Gasteiger partial charge in [-0.1, -0.05) is 6.58 Å². The molecule has 1 fully saturated rings. The summed E-state index contributed by atoms with van der Waals surface area (Å²) in [6.07, 6.45) is 3.57. The molecule has 0 spiro atoms. The minimum atomic E-state index is -0.231. The Hall–Kier alpha value is -0.870. The molecule has 1 saturated heterocycles. The molecule has 1 aliphatic rings. The summed E-state index contributed by atoms with van der Waals surface area (Å²) in [5, 5.41) is 0. The topological polar surface area (TPSA) is 48.1 Å². The smallest absolute Gasteiger partial charge is 0.310 e. The lowest BCUT2D eigenvalue weighted by Crippen LogP contribution is -2.04. The summed E-state index contributed by atoms with van der Waals surface area (Å²) in [5.74, 6) is -0.231. The van der Waals surface area contributed by atoms with E-state index in [0.717, 1.165) is 25.7 Å². The van der Waals surface area contributed by atoms with Gasteiger partial charge in [0.05, 0.1) is 19.5 Å². The Morgan fingerprint density at radius 2 is 2.36 bits per heavy atom. The first-order valence-electron chi connectivity index (χ1n) is 4.82. The summed E-state index contributed by atoms with van der Waals surface area (Å²) >= 11 is 0. The maximum atomic E-state index is 10.8. The van der Waals surface area contributed by atoms with Crippen LogP contribution in [-0.2, 0) is 19.0 Å². The van der Waals surface area contributed by atoms with Gasteiger partial charge in [-0.3, -0.25) is 4.79 Å². The zero-order valence-corrected chi connectivity index (χ0v) is 8.24. The van der Waals surface area contributed by atoms with Crippen molar-refractivity contribution in [3.05, 3.63) is 12.8 Å². The summed E-state index contributed by atoms with van der Waals surface area (Å²) in [6.45, 7) is 5.49. The Morgan fingerprint density at radius 3 is 3.00 bits per heavy atom. The van der Waals surface area contributed by atoms with Crippen LogP contribution in [0.25, 0.3) is 0 Å². The van der Waals surface area contributed by atoms with Crippen LogP contribution in [0.5, 0.6) is 0 Å². The zero-order chi connectivity index (χ0) is 10.2. The first-order valence-corrected chi connectivity index (χ1v) is 4.82. The van der Waals surface area contributed by atoms with Crippen molar-refractivity contribution in [1.82, 2.24) is 0 Å². The molecule has 0 aromatic rings. The average molecular weight is 200 g/mol. The number of epoxide rings is 1. The molecule has 0 bridgehead atoms. The van der Waals surface area contributed by atoms with Gasteiger partial charge < -0.3 is 14.2 Å². The third kappa shape index (κ3) is 5.72. The van der Waals surface area contributed by atoms with E-state index in [-0.39, 0.29) is 5.97 Å². The molecule has 0 N–H and O–H groups in total. The van der Waals surface area contributed by atoms with E-state index in [4.69, 9.17) is 9.47 Å². The molecule has 0 aromatic carbocycles. The van der Waals surface area contributed by atoms with Crippen LogP contribution in [0.3, 0.4) is 0 Å². The molecule has 1 heterocycles. The molecule has 0 amide bonds. The molecule has 4 nitrogen and oxygen atoms in total. The van der Waals surface area contributed by atoms with Gasteiger partial charge in [0, 0.05) is 13.0 Å². The fraction of sp³-hybridized carbons (Fsp3) is 0.700. The van der Waals surface area contributed by atoms with Crippen LogP contribution in [0.1, 0.15) is 19.3 Å². The highest BCUT2D eigenvalue weighted by Gasteiger charge is 2.21. The summed E-state index contributed by atoms with van der Waals surface area (Å²) in [4.78, 5) is 10.8. The largest absolute Gasteiger partial charge is 0.435 e. The minimum absolute atomic E-state index is 0.231. The van der Waals surface area contributed by atoms with Crippen molar-refractivity contribution in [2.24, 2.45) is 0 Å². The number of carbonyl (C=O) groups excluding carboxylic acids is 1. The van der Waals surface area contributed by atoms with E-state index in [2.05, 4.69) is 11.3 Å². The molecule has 1 rings (SSSR count). The molecule has 0 saturated carbocycles. The molecule has 14 heavy (non-hydrogen) atoms. The summed E-state index contributed by atoms with van der Waals surface area (Å²) < 4.78 is 14.8. The SMILES string of the molecule is C=COC(=O)CCCCOCC1CO1. The monoisotopic (exact) mass is 200 g/mol. The van der Waals surface area contributed by atoms with Crippen LogP contribution in [-0.4, -0.2) is 31.9 Å². The lowest BCUT2D eigenvalue weighted by molar-refractivity contribution is -0.138. The van der Waals surface area contributed by atoms with E-state index in [9.17, 15) is 4.79 Å². The lowest BCUT2D eigenvalue weighted by atomic mass is 10.2. The van der Waals surface area contributed by atoms with Gasteiger partial charge >= 0.3 is 5.97 Å². The van der Waals surface area contributed by atoms with Crippen molar-refractivity contribution in [3.63, 3.8) is 0 Å². The molecule has 0 aliphatic carbocycles.